The Morgan fingerprint density at radius 3 is 1.91 bits per heavy atom. The van der Waals surface area contributed by atoms with Crippen LogP contribution in [0.4, 0.5) is 0 Å². The average molecular weight is 500 g/mol. The minimum atomic E-state index is -1.55. The van der Waals surface area contributed by atoms with Gasteiger partial charge in [-0.2, -0.15) is 12.6 Å². The van der Waals surface area contributed by atoms with Crippen LogP contribution >= 0.6 is 12.6 Å². The Kier molecular flexibility index (Phi) is 11.3. The third kappa shape index (κ3) is 9.25. The highest BCUT2D eigenvalue weighted by atomic mass is 32.1. The van der Waals surface area contributed by atoms with Gasteiger partial charge in [0, 0.05) is 12.2 Å². The molecule has 1 aromatic rings. The Hall–Kier alpha value is -3.36. The van der Waals surface area contributed by atoms with Crippen molar-refractivity contribution in [1.29, 1.82) is 0 Å². The highest BCUT2D eigenvalue weighted by Gasteiger charge is 2.31. The smallest absolute Gasteiger partial charge is 0.326 e. The minimum absolute atomic E-state index is 0.0240. The Morgan fingerprint density at radius 1 is 0.941 bits per heavy atom. The van der Waals surface area contributed by atoms with Gasteiger partial charge in [0.25, 0.3) is 0 Å². The first-order valence-electron chi connectivity index (χ1n) is 10.1. The van der Waals surface area contributed by atoms with Gasteiger partial charge in [-0.3, -0.25) is 19.2 Å². The zero-order valence-corrected chi connectivity index (χ0v) is 19.2. The van der Waals surface area contributed by atoms with Crippen molar-refractivity contribution in [1.82, 2.24) is 16.0 Å². The van der Waals surface area contributed by atoms with Crippen LogP contribution in [0.1, 0.15) is 18.9 Å². The molecule has 0 aliphatic rings. The van der Waals surface area contributed by atoms with E-state index < -0.39 is 66.3 Å². The van der Waals surface area contributed by atoms with Crippen LogP contribution in [0.15, 0.2) is 24.3 Å². The topological polar surface area (TPSA) is 234 Å². The van der Waals surface area contributed by atoms with Gasteiger partial charge in [-0.25, -0.2) is 4.79 Å². The first-order valence-corrected chi connectivity index (χ1v) is 10.7. The van der Waals surface area contributed by atoms with Gasteiger partial charge >= 0.3 is 5.97 Å². The van der Waals surface area contributed by atoms with E-state index in [1.807, 2.05) is 0 Å². The number of carboxylic acid groups (broad SMARTS) is 1. The molecule has 0 aliphatic carbocycles. The molecule has 5 atom stereocenters. The first-order chi connectivity index (χ1) is 15.8. The van der Waals surface area contributed by atoms with Crippen LogP contribution in [0.3, 0.4) is 0 Å². The van der Waals surface area contributed by atoms with E-state index in [1.165, 1.54) is 31.2 Å². The molecular formula is C20H29N5O8S. The number of aliphatic hydroxyl groups is 1. The molecule has 0 heterocycles. The van der Waals surface area contributed by atoms with Gasteiger partial charge in [0.2, 0.25) is 23.6 Å². The van der Waals surface area contributed by atoms with E-state index in [9.17, 15) is 39.3 Å². The molecule has 0 bridgehead atoms. The van der Waals surface area contributed by atoms with E-state index in [0.29, 0.717) is 5.56 Å². The number of nitrogens with two attached hydrogens (primary N) is 2. The number of carbonyl (C=O) groups is 5. The number of aromatic hydroxyl groups is 1. The fourth-order valence-corrected chi connectivity index (χ4v) is 2.96. The number of aliphatic hydroxyl groups excluding tert-OH is 1. The maximum atomic E-state index is 12.7. The highest BCUT2D eigenvalue weighted by molar-refractivity contribution is 7.80. The quantitative estimate of drug-likeness (QED) is 0.125. The molecule has 14 heteroatoms. The summed E-state index contributed by atoms with van der Waals surface area (Å²) in [5, 5.41) is 35.0. The van der Waals surface area contributed by atoms with Gasteiger partial charge in [-0.05, 0) is 24.6 Å². The average Bonchev–Trinajstić information content (AvgIpc) is 2.76. The fraction of sp³-hybridized carbons (Fsp3) is 0.450. The van der Waals surface area contributed by atoms with Crippen LogP contribution in [0.2, 0.25) is 0 Å². The van der Waals surface area contributed by atoms with Crippen LogP contribution in [-0.4, -0.2) is 80.9 Å². The number of amides is 4. The second kappa shape index (κ2) is 13.4. The number of phenols is 1. The van der Waals surface area contributed by atoms with E-state index in [-0.39, 0.29) is 17.9 Å². The number of carbonyl (C=O) groups excluding carboxylic acids is 4. The summed E-state index contributed by atoms with van der Waals surface area (Å²) in [6.45, 7) is 1.28. The minimum Gasteiger partial charge on any atom is -0.508 e. The first kappa shape index (κ1) is 28.7. The molecule has 188 valence electrons. The van der Waals surface area contributed by atoms with Crippen molar-refractivity contribution in [3.8, 4) is 5.75 Å². The summed E-state index contributed by atoms with van der Waals surface area (Å²) in [5.41, 5.74) is 11.2. The standard InChI is InChI=1S/C20H29N5O8S/c1-9(26)16(22)19(31)25-14(8-34)18(30)23-12(7-15(21)28)17(29)24-13(20(32)33)6-10-2-4-11(27)5-3-10/h2-5,9,12-14,16,26-27,34H,6-8,22H2,1H3,(H2,21,28)(H,23,30)(H,24,29)(H,25,31)(H,32,33). The molecule has 34 heavy (non-hydrogen) atoms. The van der Waals surface area contributed by atoms with Gasteiger partial charge in [0.1, 0.15) is 29.9 Å². The molecule has 0 saturated carbocycles. The third-order valence-corrected chi connectivity index (χ3v) is 5.03. The van der Waals surface area contributed by atoms with Crippen LogP contribution in [0.25, 0.3) is 0 Å². The Balaban J connectivity index is 2.94. The number of hydrogen-bond acceptors (Lipinski definition) is 9. The number of primary amides is 1. The summed E-state index contributed by atoms with van der Waals surface area (Å²) in [6, 6.07) is 0.0660. The number of phenolic OH excluding ortho intramolecular Hbond substituents is 1. The maximum Gasteiger partial charge on any atom is 0.326 e. The van der Waals surface area contributed by atoms with Crippen LogP contribution < -0.4 is 27.4 Å². The van der Waals surface area contributed by atoms with Gasteiger partial charge < -0.3 is 42.7 Å². The second-order valence-electron chi connectivity index (χ2n) is 7.51. The van der Waals surface area contributed by atoms with E-state index in [4.69, 9.17) is 11.5 Å². The predicted molar refractivity (Wildman–Crippen MR) is 123 cm³/mol. The predicted octanol–water partition coefficient (Wildman–Crippen LogP) is -3.01. The lowest BCUT2D eigenvalue weighted by molar-refractivity contribution is -0.142. The van der Waals surface area contributed by atoms with Crippen molar-refractivity contribution in [2.75, 3.05) is 5.75 Å². The molecular weight excluding hydrogens is 470 g/mol. The van der Waals surface area contributed by atoms with Crippen LogP contribution in [0, 0.1) is 0 Å². The van der Waals surface area contributed by atoms with Crippen molar-refractivity contribution in [3.63, 3.8) is 0 Å². The lowest BCUT2D eigenvalue weighted by Gasteiger charge is -2.24. The number of carboxylic acids is 1. The Labute approximate surface area is 200 Å². The summed E-state index contributed by atoms with van der Waals surface area (Å²) in [5.74, 6) is -5.32. The number of nitrogens with one attached hydrogen (secondary N) is 3. The SMILES string of the molecule is CC(O)C(N)C(=O)NC(CS)C(=O)NC(CC(N)=O)C(=O)NC(Cc1ccc(O)cc1)C(=O)O. The lowest BCUT2D eigenvalue weighted by atomic mass is 10.0. The summed E-state index contributed by atoms with van der Waals surface area (Å²) >= 11 is 3.97. The molecule has 10 N–H and O–H groups in total. The third-order valence-electron chi connectivity index (χ3n) is 4.67. The second-order valence-corrected chi connectivity index (χ2v) is 7.88. The van der Waals surface area contributed by atoms with Gasteiger partial charge in [-0.1, -0.05) is 12.1 Å². The summed E-state index contributed by atoms with van der Waals surface area (Å²) in [7, 11) is 0. The van der Waals surface area contributed by atoms with Gasteiger partial charge in [0.15, 0.2) is 0 Å². The van der Waals surface area contributed by atoms with Crippen molar-refractivity contribution in [3.05, 3.63) is 29.8 Å². The maximum absolute atomic E-state index is 12.7. The zero-order valence-electron chi connectivity index (χ0n) is 18.3. The Morgan fingerprint density at radius 2 is 1.44 bits per heavy atom. The van der Waals surface area contributed by atoms with E-state index in [2.05, 4.69) is 28.6 Å². The van der Waals surface area contributed by atoms with Crippen LogP contribution in [0.5, 0.6) is 5.75 Å². The highest BCUT2D eigenvalue weighted by Crippen LogP contribution is 2.12. The molecule has 5 unspecified atom stereocenters. The van der Waals surface area contributed by atoms with Crippen molar-refractivity contribution < 1.29 is 39.3 Å². The summed E-state index contributed by atoms with van der Waals surface area (Å²) in [4.78, 5) is 60.4. The molecule has 4 amide bonds. The van der Waals surface area contributed by atoms with E-state index >= 15 is 0 Å². The normalized spacial score (nSPS) is 15.2. The molecule has 13 nitrogen and oxygen atoms in total. The molecule has 0 spiro atoms. The van der Waals surface area contributed by atoms with Gasteiger partial charge in [0.05, 0.1) is 12.5 Å². The number of rotatable bonds is 13. The fourth-order valence-electron chi connectivity index (χ4n) is 2.70. The lowest BCUT2D eigenvalue weighted by Crippen LogP contribution is -2.59. The monoisotopic (exact) mass is 499 g/mol. The largest absolute Gasteiger partial charge is 0.508 e. The number of thiol groups is 1. The Bertz CT molecular complexity index is 895. The number of benzene rings is 1. The molecule has 0 fully saturated rings. The molecule has 0 saturated heterocycles. The molecule has 0 aromatic heterocycles. The summed E-state index contributed by atoms with van der Waals surface area (Å²) in [6.07, 6.45) is -1.99. The summed E-state index contributed by atoms with van der Waals surface area (Å²) < 4.78 is 0. The van der Waals surface area contributed by atoms with E-state index in [1.54, 1.807) is 0 Å². The van der Waals surface area contributed by atoms with Gasteiger partial charge in [-0.15, -0.1) is 0 Å². The molecule has 1 rings (SSSR count). The molecule has 0 radical (unpaired) electrons. The molecule has 1 aromatic carbocycles. The zero-order chi connectivity index (χ0) is 26.0. The molecule has 0 aliphatic heterocycles. The number of hydrogen-bond donors (Lipinski definition) is 9. The van der Waals surface area contributed by atoms with Crippen molar-refractivity contribution in [2.45, 2.75) is 50.0 Å². The number of aliphatic carboxylic acids is 1. The van der Waals surface area contributed by atoms with Crippen LogP contribution in [-0.2, 0) is 30.4 Å². The van der Waals surface area contributed by atoms with E-state index in [0.717, 1.165) is 0 Å². The van der Waals surface area contributed by atoms with Crippen molar-refractivity contribution in [2.24, 2.45) is 11.5 Å². The van der Waals surface area contributed by atoms with Crippen molar-refractivity contribution >= 4 is 42.2 Å².